The summed E-state index contributed by atoms with van der Waals surface area (Å²) in [6.07, 6.45) is 2.09. The molecule has 2 aromatic rings. The molecule has 0 aliphatic heterocycles. The SMILES string of the molecule is CCc1nc2ccc(F)cn2n1. The van der Waals surface area contributed by atoms with Gasteiger partial charge in [-0.05, 0) is 12.1 Å². The summed E-state index contributed by atoms with van der Waals surface area (Å²) in [5.74, 6) is 0.440. The molecule has 2 rings (SSSR count). The van der Waals surface area contributed by atoms with E-state index in [2.05, 4.69) is 10.1 Å². The van der Waals surface area contributed by atoms with Crippen LogP contribution in [-0.4, -0.2) is 14.6 Å². The van der Waals surface area contributed by atoms with E-state index in [1.807, 2.05) is 6.92 Å². The molecule has 0 aliphatic carbocycles. The molecule has 4 heteroatoms. The van der Waals surface area contributed by atoms with E-state index in [1.165, 1.54) is 16.8 Å². The van der Waals surface area contributed by atoms with E-state index in [0.29, 0.717) is 5.65 Å². The second-order valence-corrected chi connectivity index (χ2v) is 2.53. The van der Waals surface area contributed by atoms with Crippen molar-refractivity contribution in [1.29, 1.82) is 0 Å². The van der Waals surface area contributed by atoms with E-state index in [0.717, 1.165) is 12.2 Å². The van der Waals surface area contributed by atoms with Crippen LogP contribution in [-0.2, 0) is 6.42 Å². The number of nitrogens with zero attached hydrogens (tertiary/aromatic N) is 3. The van der Waals surface area contributed by atoms with E-state index in [1.54, 1.807) is 6.07 Å². The van der Waals surface area contributed by atoms with E-state index in [9.17, 15) is 4.39 Å². The highest BCUT2D eigenvalue weighted by molar-refractivity contribution is 5.36. The first-order valence-corrected chi connectivity index (χ1v) is 3.80. The van der Waals surface area contributed by atoms with Crippen LogP contribution in [0.5, 0.6) is 0 Å². The maximum Gasteiger partial charge on any atom is 0.155 e. The molecule has 2 heterocycles. The molecule has 0 spiro atoms. The van der Waals surface area contributed by atoms with E-state index in [4.69, 9.17) is 0 Å². The lowest BCUT2D eigenvalue weighted by molar-refractivity contribution is 0.614. The molecule has 0 saturated carbocycles. The van der Waals surface area contributed by atoms with Gasteiger partial charge in [0.2, 0.25) is 0 Å². The van der Waals surface area contributed by atoms with Crippen LogP contribution < -0.4 is 0 Å². The van der Waals surface area contributed by atoms with Gasteiger partial charge in [0.25, 0.3) is 0 Å². The molecule has 0 saturated heterocycles. The van der Waals surface area contributed by atoms with Crippen LogP contribution in [0.3, 0.4) is 0 Å². The smallest absolute Gasteiger partial charge is 0.155 e. The summed E-state index contributed by atoms with van der Waals surface area (Å²) in [4.78, 5) is 4.16. The number of fused-ring (bicyclic) bond motifs is 1. The minimum absolute atomic E-state index is 0.296. The van der Waals surface area contributed by atoms with Gasteiger partial charge in [-0.3, -0.25) is 0 Å². The van der Waals surface area contributed by atoms with Crippen molar-refractivity contribution in [1.82, 2.24) is 14.6 Å². The molecule has 0 fully saturated rings. The molecule has 2 aromatic heterocycles. The van der Waals surface area contributed by atoms with Gasteiger partial charge in [0, 0.05) is 6.42 Å². The molecule has 0 aliphatic rings. The van der Waals surface area contributed by atoms with Crippen molar-refractivity contribution in [2.45, 2.75) is 13.3 Å². The van der Waals surface area contributed by atoms with Crippen LogP contribution in [0.1, 0.15) is 12.7 Å². The lowest BCUT2D eigenvalue weighted by Gasteiger charge is -1.88. The van der Waals surface area contributed by atoms with Crippen molar-refractivity contribution in [2.24, 2.45) is 0 Å². The summed E-state index contributed by atoms with van der Waals surface area (Å²) >= 11 is 0. The summed E-state index contributed by atoms with van der Waals surface area (Å²) in [7, 11) is 0. The Morgan fingerprint density at radius 3 is 3.08 bits per heavy atom. The highest BCUT2D eigenvalue weighted by Crippen LogP contribution is 2.03. The van der Waals surface area contributed by atoms with Crippen molar-refractivity contribution >= 4 is 5.65 Å². The molecule has 0 radical (unpaired) electrons. The topological polar surface area (TPSA) is 30.2 Å². The van der Waals surface area contributed by atoms with Crippen LogP contribution in [0, 0.1) is 5.82 Å². The van der Waals surface area contributed by atoms with Gasteiger partial charge in [0.15, 0.2) is 11.5 Å². The van der Waals surface area contributed by atoms with Gasteiger partial charge in [-0.15, -0.1) is 0 Å². The average Bonchev–Trinajstić information content (AvgIpc) is 2.46. The second kappa shape index (κ2) is 2.55. The third kappa shape index (κ3) is 1.05. The summed E-state index contributed by atoms with van der Waals surface area (Å²) in [6.45, 7) is 1.96. The van der Waals surface area contributed by atoms with Gasteiger partial charge in [-0.25, -0.2) is 13.9 Å². The molecule has 3 nitrogen and oxygen atoms in total. The fourth-order valence-corrected chi connectivity index (χ4v) is 1.05. The monoisotopic (exact) mass is 165 g/mol. The lowest BCUT2D eigenvalue weighted by atomic mass is 10.4. The van der Waals surface area contributed by atoms with Crippen molar-refractivity contribution in [3.05, 3.63) is 30.0 Å². The number of halogens is 1. The first-order chi connectivity index (χ1) is 5.79. The number of hydrogen-bond donors (Lipinski definition) is 0. The Bertz CT molecular complexity index is 408. The highest BCUT2D eigenvalue weighted by Gasteiger charge is 2.00. The number of aryl methyl sites for hydroxylation is 1. The van der Waals surface area contributed by atoms with Gasteiger partial charge in [0.05, 0.1) is 6.20 Å². The molecule has 0 bridgehead atoms. The van der Waals surface area contributed by atoms with Gasteiger partial charge < -0.3 is 0 Å². The first-order valence-electron chi connectivity index (χ1n) is 3.80. The molecule has 0 unspecified atom stereocenters. The third-order valence-electron chi connectivity index (χ3n) is 1.65. The summed E-state index contributed by atoms with van der Waals surface area (Å²) in [5.41, 5.74) is 0.688. The van der Waals surface area contributed by atoms with Crippen LogP contribution in [0.25, 0.3) is 5.65 Å². The zero-order chi connectivity index (χ0) is 8.55. The summed E-state index contributed by atoms with van der Waals surface area (Å²) in [6, 6.07) is 2.99. The number of rotatable bonds is 1. The molecule has 12 heavy (non-hydrogen) atoms. The predicted octanol–water partition coefficient (Wildman–Crippen LogP) is 1.43. The number of pyridine rings is 1. The minimum Gasteiger partial charge on any atom is -0.218 e. The molecule has 0 N–H and O–H groups in total. The molecular formula is C8H8FN3. The van der Waals surface area contributed by atoms with Crippen molar-refractivity contribution < 1.29 is 4.39 Å². The highest BCUT2D eigenvalue weighted by atomic mass is 19.1. The summed E-state index contributed by atoms with van der Waals surface area (Å²) in [5, 5.41) is 4.06. The number of aromatic nitrogens is 3. The zero-order valence-corrected chi connectivity index (χ0v) is 6.66. The largest absolute Gasteiger partial charge is 0.218 e. The third-order valence-corrected chi connectivity index (χ3v) is 1.65. The Balaban J connectivity index is 2.67. The van der Waals surface area contributed by atoms with Crippen LogP contribution in [0.2, 0.25) is 0 Å². The first kappa shape index (κ1) is 7.21. The predicted molar refractivity (Wildman–Crippen MR) is 42.3 cm³/mol. The summed E-state index contributed by atoms with van der Waals surface area (Å²) < 4.78 is 14.1. The number of hydrogen-bond acceptors (Lipinski definition) is 2. The molecule has 62 valence electrons. The normalized spacial score (nSPS) is 10.8. The Morgan fingerprint density at radius 2 is 2.33 bits per heavy atom. The second-order valence-electron chi connectivity index (χ2n) is 2.53. The molecule has 0 amide bonds. The fourth-order valence-electron chi connectivity index (χ4n) is 1.05. The average molecular weight is 165 g/mol. The maximum atomic E-state index is 12.7. The fraction of sp³-hybridized carbons (Fsp3) is 0.250. The van der Waals surface area contributed by atoms with Gasteiger partial charge >= 0.3 is 0 Å². The Morgan fingerprint density at radius 1 is 1.50 bits per heavy atom. The van der Waals surface area contributed by atoms with Crippen LogP contribution in [0.4, 0.5) is 4.39 Å². The van der Waals surface area contributed by atoms with Crippen molar-refractivity contribution in [3.8, 4) is 0 Å². The van der Waals surface area contributed by atoms with Gasteiger partial charge in [0.1, 0.15) is 5.82 Å². The molecule has 0 atom stereocenters. The maximum absolute atomic E-state index is 12.7. The standard InChI is InChI=1S/C8H8FN3/c1-2-7-10-8-4-3-6(9)5-12(8)11-7/h3-5H,2H2,1H3. The van der Waals surface area contributed by atoms with Crippen LogP contribution >= 0.6 is 0 Å². The van der Waals surface area contributed by atoms with Gasteiger partial charge in [-0.1, -0.05) is 6.92 Å². The van der Waals surface area contributed by atoms with E-state index >= 15 is 0 Å². The quantitative estimate of drug-likeness (QED) is 0.639. The van der Waals surface area contributed by atoms with E-state index < -0.39 is 0 Å². The van der Waals surface area contributed by atoms with Crippen molar-refractivity contribution in [3.63, 3.8) is 0 Å². The molecule has 0 aromatic carbocycles. The Hall–Kier alpha value is -1.45. The Kier molecular flexibility index (Phi) is 1.53. The van der Waals surface area contributed by atoms with Crippen molar-refractivity contribution in [2.75, 3.05) is 0 Å². The molecular weight excluding hydrogens is 157 g/mol. The minimum atomic E-state index is -0.296. The zero-order valence-electron chi connectivity index (χ0n) is 6.66. The Labute approximate surface area is 68.9 Å². The van der Waals surface area contributed by atoms with Crippen LogP contribution in [0.15, 0.2) is 18.3 Å². The lowest BCUT2D eigenvalue weighted by Crippen LogP contribution is -1.88. The van der Waals surface area contributed by atoms with Gasteiger partial charge in [-0.2, -0.15) is 5.10 Å². The van der Waals surface area contributed by atoms with E-state index in [-0.39, 0.29) is 5.82 Å².